The number of amidine groups is 1. The van der Waals surface area contributed by atoms with Crippen molar-refractivity contribution in [1.29, 1.82) is 0 Å². The van der Waals surface area contributed by atoms with Crippen LogP contribution in [0, 0.1) is 16.7 Å². The van der Waals surface area contributed by atoms with E-state index in [1.165, 1.54) is 18.2 Å². The van der Waals surface area contributed by atoms with Gasteiger partial charge in [-0.2, -0.15) is 5.10 Å². The minimum Gasteiger partial charge on any atom is -0.496 e. The maximum Gasteiger partial charge on any atom is 0.264 e. The van der Waals surface area contributed by atoms with Gasteiger partial charge in [0.15, 0.2) is 10.9 Å². The van der Waals surface area contributed by atoms with Gasteiger partial charge >= 0.3 is 0 Å². The second kappa shape index (κ2) is 10.4. The van der Waals surface area contributed by atoms with Crippen LogP contribution in [0.4, 0.5) is 0 Å². The molecule has 2 saturated carbocycles. The number of carbonyl (C=O) groups is 1. The summed E-state index contributed by atoms with van der Waals surface area (Å²) in [7, 11) is 1.58. The SMILES string of the molecule is COc1ccc(/C=C2\SC(=N/N=C3/C[C@@H]4CC[C@@]3(C)C4(C)C)NC2=O)cc1COc1c(Cl)cc(Cl)cc1Cl. The molecular weight excluding hydrogens is 565 g/mol. The number of nitrogens with zero attached hydrogens (tertiary/aromatic N) is 2. The summed E-state index contributed by atoms with van der Waals surface area (Å²) in [6.07, 6.45) is 5.17. The number of methoxy groups -OCH3 is 1. The van der Waals surface area contributed by atoms with E-state index in [1.54, 1.807) is 19.2 Å². The van der Waals surface area contributed by atoms with Gasteiger partial charge in [-0.05, 0) is 78.3 Å². The highest BCUT2D eigenvalue weighted by molar-refractivity contribution is 8.18. The van der Waals surface area contributed by atoms with E-state index < -0.39 is 0 Å². The van der Waals surface area contributed by atoms with Crippen LogP contribution < -0.4 is 14.8 Å². The first-order valence-electron chi connectivity index (χ1n) is 12.3. The zero-order valence-electron chi connectivity index (χ0n) is 21.5. The monoisotopic (exact) mass is 591 g/mol. The number of amides is 1. The van der Waals surface area contributed by atoms with Crippen molar-refractivity contribution in [2.45, 2.75) is 46.6 Å². The molecule has 2 atom stereocenters. The summed E-state index contributed by atoms with van der Waals surface area (Å²) in [5.41, 5.74) is 3.00. The molecule has 6 nitrogen and oxygen atoms in total. The third kappa shape index (κ3) is 4.94. The lowest BCUT2D eigenvalue weighted by Gasteiger charge is -2.34. The van der Waals surface area contributed by atoms with Gasteiger partial charge in [0.2, 0.25) is 0 Å². The van der Waals surface area contributed by atoms with Crippen LogP contribution in [0.2, 0.25) is 15.1 Å². The minimum absolute atomic E-state index is 0.0652. The molecule has 2 aromatic rings. The van der Waals surface area contributed by atoms with Gasteiger partial charge < -0.3 is 9.47 Å². The Morgan fingerprint density at radius 2 is 1.87 bits per heavy atom. The van der Waals surface area contributed by atoms with Gasteiger partial charge in [0.05, 0.1) is 22.1 Å². The first-order chi connectivity index (χ1) is 18.0. The van der Waals surface area contributed by atoms with Crippen LogP contribution in [0.5, 0.6) is 11.5 Å². The van der Waals surface area contributed by atoms with Crippen LogP contribution in [0.1, 0.15) is 51.2 Å². The van der Waals surface area contributed by atoms with Crippen molar-refractivity contribution >= 4 is 69.4 Å². The Hall–Kier alpha value is -2.19. The smallest absolute Gasteiger partial charge is 0.264 e. The fourth-order valence-electron chi connectivity index (χ4n) is 5.63. The Bertz CT molecular complexity index is 1380. The molecule has 38 heavy (non-hydrogen) atoms. The Labute approximate surface area is 241 Å². The van der Waals surface area contributed by atoms with E-state index in [4.69, 9.17) is 44.3 Å². The first kappa shape index (κ1) is 27.4. The number of thioether (sulfide) groups is 1. The molecule has 3 aliphatic rings. The molecule has 2 aromatic carbocycles. The predicted octanol–water partition coefficient (Wildman–Crippen LogP) is 8.00. The molecule has 2 aliphatic carbocycles. The molecule has 10 heteroatoms. The second-order valence-electron chi connectivity index (χ2n) is 10.6. The molecule has 1 amide bonds. The molecular formula is C28H28Cl3N3O3S. The third-order valence-corrected chi connectivity index (χ3v) is 10.0. The lowest BCUT2D eigenvalue weighted by Crippen LogP contribution is -2.32. The molecule has 0 unspecified atom stereocenters. The van der Waals surface area contributed by atoms with Crippen molar-refractivity contribution in [3.05, 3.63) is 61.4 Å². The number of benzene rings is 2. The summed E-state index contributed by atoms with van der Waals surface area (Å²) in [5.74, 6) is 1.41. The highest BCUT2D eigenvalue weighted by Gasteiger charge is 2.60. The molecule has 1 heterocycles. The number of nitrogens with one attached hydrogen (secondary N) is 1. The number of carbonyl (C=O) groups excluding carboxylic acids is 1. The zero-order chi connectivity index (χ0) is 27.2. The van der Waals surface area contributed by atoms with E-state index in [2.05, 4.69) is 36.3 Å². The van der Waals surface area contributed by atoms with Crippen molar-refractivity contribution in [2.24, 2.45) is 27.0 Å². The molecule has 200 valence electrons. The largest absolute Gasteiger partial charge is 0.496 e. The van der Waals surface area contributed by atoms with Gasteiger partial charge in [-0.15, -0.1) is 5.10 Å². The van der Waals surface area contributed by atoms with E-state index in [-0.39, 0.29) is 23.3 Å². The maximum atomic E-state index is 12.7. The molecule has 5 rings (SSSR count). The average Bonchev–Trinajstić information content (AvgIpc) is 3.38. The molecule has 3 fully saturated rings. The lowest BCUT2D eigenvalue weighted by molar-refractivity contribution is -0.115. The highest BCUT2D eigenvalue weighted by Crippen LogP contribution is 2.64. The highest BCUT2D eigenvalue weighted by atomic mass is 35.5. The van der Waals surface area contributed by atoms with Crippen molar-refractivity contribution in [3.63, 3.8) is 0 Å². The number of ether oxygens (including phenoxy) is 2. The quantitative estimate of drug-likeness (QED) is 0.272. The molecule has 1 saturated heterocycles. The van der Waals surface area contributed by atoms with Gasteiger partial charge in [0.1, 0.15) is 12.4 Å². The van der Waals surface area contributed by atoms with Gasteiger partial charge in [0.25, 0.3) is 5.91 Å². The maximum absolute atomic E-state index is 12.7. The van der Waals surface area contributed by atoms with Crippen molar-refractivity contribution in [3.8, 4) is 11.5 Å². The first-order valence-corrected chi connectivity index (χ1v) is 14.3. The normalized spacial score (nSPS) is 27.0. The molecule has 0 spiro atoms. The Morgan fingerprint density at radius 3 is 2.50 bits per heavy atom. The van der Waals surface area contributed by atoms with Crippen LogP contribution in [0.15, 0.2) is 45.4 Å². The topological polar surface area (TPSA) is 72.3 Å². The summed E-state index contributed by atoms with van der Waals surface area (Å²) in [4.78, 5) is 13.2. The van der Waals surface area contributed by atoms with Crippen LogP contribution in [-0.2, 0) is 11.4 Å². The van der Waals surface area contributed by atoms with E-state index in [0.29, 0.717) is 42.6 Å². The van der Waals surface area contributed by atoms with Crippen LogP contribution >= 0.6 is 46.6 Å². The van der Waals surface area contributed by atoms with Crippen LogP contribution in [-0.4, -0.2) is 23.9 Å². The third-order valence-electron chi connectivity index (χ3n) is 8.36. The Morgan fingerprint density at radius 1 is 1.13 bits per heavy atom. The number of rotatable bonds is 6. The molecule has 0 radical (unpaired) electrons. The Kier molecular flexibility index (Phi) is 7.50. The number of fused-ring (bicyclic) bond motifs is 2. The van der Waals surface area contributed by atoms with Crippen LogP contribution in [0.3, 0.4) is 0 Å². The second-order valence-corrected chi connectivity index (χ2v) is 12.9. The van der Waals surface area contributed by atoms with E-state index in [1.807, 2.05) is 24.3 Å². The fourth-order valence-corrected chi connectivity index (χ4v) is 7.33. The van der Waals surface area contributed by atoms with Crippen molar-refractivity contribution in [1.82, 2.24) is 5.32 Å². The minimum atomic E-state index is -0.207. The fraction of sp³-hybridized carbons (Fsp3) is 0.393. The van der Waals surface area contributed by atoms with Gasteiger partial charge in [0, 0.05) is 21.7 Å². The standard InChI is InChI=1S/C28H28Cl3N3O3S/c1-27(2)17-7-8-28(27,3)23(11-17)33-34-26-32-25(35)22(38-26)10-15-5-6-21(36-4)16(9-15)14-37-24-19(30)12-18(29)13-20(24)31/h5-6,9-10,12-13,17H,7-8,11,14H2,1-4H3,(H,32,34,35)/b22-10-,33-23-/t17-,28+/m0/s1. The number of hydrogen-bond acceptors (Lipinski definition) is 6. The van der Waals surface area contributed by atoms with E-state index >= 15 is 0 Å². The van der Waals surface area contributed by atoms with Gasteiger partial charge in [-0.25, -0.2) is 0 Å². The number of hydrogen-bond donors (Lipinski definition) is 1. The Balaban J connectivity index is 1.33. The summed E-state index contributed by atoms with van der Waals surface area (Å²) in [6, 6.07) is 8.73. The van der Waals surface area contributed by atoms with E-state index in [0.717, 1.165) is 29.7 Å². The summed E-state index contributed by atoms with van der Waals surface area (Å²) >= 11 is 19.8. The summed E-state index contributed by atoms with van der Waals surface area (Å²) in [6.45, 7) is 7.12. The summed E-state index contributed by atoms with van der Waals surface area (Å²) in [5, 5.41) is 13.4. The average molecular weight is 593 g/mol. The van der Waals surface area contributed by atoms with Crippen molar-refractivity contribution in [2.75, 3.05) is 7.11 Å². The summed E-state index contributed by atoms with van der Waals surface area (Å²) < 4.78 is 11.4. The predicted molar refractivity (Wildman–Crippen MR) is 157 cm³/mol. The molecule has 1 N–H and O–H groups in total. The van der Waals surface area contributed by atoms with E-state index in [9.17, 15) is 4.79 Å². The molecule has 0 aromatic heterocycles. The number of halogens is 3. The molecule has 2 bridgehead atoms. The molecule has 1 aliphatic heterocycles. The lowest BCUT2D eigenvalue weighted by atomic mass is 9.70. The van der Waals surface area contributed by atoms with Gasteiger partial charge in [-0.3, -0.25) is 10.1 Å². The zero-order valence-corrected chi connectivity index (χ0v) is 24.6. The van der Waals surface area contributed by atoms with Gasteiger partial charge in [-0.1, -0.05) is 61.6 Å². The van der Waals surface area contributed by atoms with Crippen molar-refractivity contribution < 1.29 is 14.3 Å². The van der Waals surface area contributed by atoms with Crippen LogP contribution in [0.25, 0.3) is 6.08 Å².